The molecule has 2 aromatic heterocycles. The third kappa shape index (κ3) is 3.04. The molecule has 0 spiro atoms. The predicted octanol–water partition coefficient (Wildman–Crippen LogP) is 3.17. The first-order valence-corrected chi connectivity index (χ1v) is 6.62. The molecule has 0 N–H and O–H groups in total. The second-order valence-corrected chi connectivity index (χ2v) is 5.50. The van der Waals surface area contributed by atoms with Crippen molar-refractivity contribution in [2.75, 3.05) is 5.75 Å². The van der Waals surface area contributed by atoms with Crippen molar-refractivity contribution in [3.63, 3.8) is 0 Å². The number of hydrogen-bond acceptors (Lipinski definition) is 5. The molecule has 0 aliphatic rings. The van der Waals surface area contributed by atoms with E-state index in [4.69, 9.17) is 11.6 Å². The summed E-state index contributed by atoms with van der Waals surface area (Å²) in [5, 5.41) is 0.610. The van der Waals surface area contributed by atoms with Gasteiger partial charge in [-0.2, -0.15) is 0 Å². The van der Waals surface area contributed by atoms with Crippen LogP contribution in [-0.4, -0.2) is 21.5 Å². The number of Topliss-reactive ketones (excluding diaryl/α,β-unsaturated/α-hetero) is 1. The lowest BCUT2D eigenvalue weighted by atomic mass is 10.4. The van der Waals surface area contributed by atoms with Crippen LogP contribution in [0.5, 0.6) is 0 Å². The van der Waals surface area contributed by atoms with Crippen LogP contribution in [0.25, 0.3) is 0 Å². The van der Waals surface area contributed by atoms with Crippen molar-refractivity contribution in [1.29, 1.82) is 0 Å². The van der Waals surface area contributed by atoms with E-state index in [1.165, 1.54) is 23.1 Å². The molecule has 0 radical (unpaired) electrons. The van der Waals surface area contributed by atoms with Gasteiger partial charge in [-0.05, 0) is 18.2 Å². The van der Waals surface area contributed by atoms with Gasteiger partial charge in [0, 0.05) is 12.4 Å². The molecule has 0 saturated heterocycles. The molecule has 82 valence electrons. The lowest BCUT2D eigenvalue weighted by Gasteiger charge is -1.96. The van der Waals surface area contributed by atoms with Crippen molar-refractivity contribution in [2.24, 2.45) is 0 Å². The van der Waals surface area contributed by atoms with Crippen molar-refractivity contribution in [2.45, 2.75) is 5.16 Å². The van der Waals surface area contributed by atoms with Gasteiger partial charge >= 0.3 is 0 Å². The second kappa shape index (κ2) is 5.43. The molecule has 0 amide bonds. The highest BCUT2D eigenvalue weighted by Crippen LogP contribution is 2.23. The maximum atomic E-state index is 11.7. The molecule has 2 aromatic rings. The summed E-state index contributed by atoms with van der Waals surface area (Å²) in [6.45, 7) is 0. The van der Waals surface area contributed by atoms with Gasteiger partial charge in [0.05, 0.1) is 15.0 Å². The standard InChI is InChI=1S/C10H7ClN2OS2/c11-9-3-2-8(16-9)7(14)6-15-10-12-4-1-5-13-10/h1-5H,6H2. The smallest absolute Gasteiger partial charge is 0.187 e. The molecule has 0 unspecified atom stereocenters. The first-order chi connectivity index (χ1) is 7.75. The summed E-state index contributed by atoms with van der Waals surface area (Å²) in [4.78, 5) is 20.4. The Kier molecular flexibility index (Phi) is 3.93. The van der Waals surface area contributed by atoms with E-state index in [1.807, 2.05) is 0 Å². The van der Waals surface area contributed by atoms with Gasteiger partial charge in [-0.15, -0.1) is 11.3 Å². The molecule has 0 aliphatic carbocycles. The zero-order valence-electron chi connectivity index (χ0n) is 8.09. The number of nitrogens with zero attached hydrogens (tertiary/aromatic N) is 2. The van der Waals surface area contributed by atoms with E-state index in [-0.39, 0.29) is 5.78 Å². The van der Waals surface area contributed by atoms with Crippen LogP contribution in [-0.2, 0) is 0 Å². The quantitative estimate of drug-likeness (QED) is 0.486. The molecule has 6 heteroatoms. The van der Waals surface area contributed by atoms with Crippen LogP contribution >= 0.6 is 34.7 Å². The number of carbonyl (C=O) groups is 1. The zero-order valence-corrected chi connectivity index (χ0v) is 10.5. The Labute approximate surface area is 106 Å². The van der Waals surface area contributed by atoms with Gasteiger partial charge in [0.2, 0.25) is 0 Å². The van der Waals surface area contributed by atoms with E-state index in [2.05, 4.69) is 9.97 Å². The van der Waals surface area contributed by atoms with Crippen LogP contribution in [0.15, 0.2) is 35.7 Å². The molecular formula is C10H7ClN2OS2. The molecule has 0 fully saturated rings. The fourth-order valence-electron chi connectivity index (χ4n) is 1.03. The molecule has 0 bridgehead atoms. The normalized spacial score (nSPS) is 10.3. The van der Waals surface area contributed by atoms with Gasteiger partial charge in [0.25, 0.3) is 0 Å². The molecule has 0 saturated carbocycles. The van der Waals surface area contributed by atoms with Crippen LogP contribution in [0.2, 0.25) is 4.34 Å². The first kappa shape index (κ1) is 11.6. The molecule has 0 aromatic carbocycles. The molecule has 16 heavy (non-hydrogen) atoms. The lowest BCUT2D eigenvalue weighted by Crippen LogP contribution is -2.00. The second-order valence-electron chi connectivity index (χ2n) is 2.85. The summed E-state index contributed by atoms with van der Waals surface area (Å²) >= 11 is 8.37. The van der Waals surface area contributed by atoms with Crippen LogP contribution in [0.1, 0.15) is 9.67 Å². The van der Waals surface area contributed by atoms with Gasteiger partial charge in [-0.25, -0.2) is 9.97 Å². The lowest BCUT2D eigenvalue weighted by molar-refractivity contribution is 0.102. The average Bonchev–Trinajstić information content (AvgIpc) is 2.74. The Morgan fingerprint density at radius 1 is 1.38 bits per heavy atom. The molecule has 0 aliphatic heterocycles. The van der Waals surface area contributed by atoms with Crippen molar-refractivity contribution >= 4 is 40.5 Å². The Bertz CT molecular complexity index is 487. The number of aromatic nitrogens is 2. The number of rotatable bonds is 4. The molecular weight excluding hydrogens is 264 g/mol. The van der Waals surface area contributed by atoms with Crippen molar-refractivity contribution < 1.29 is 4.79 Å². The minimum atomic E-state index is 0.0503. The summed E-state index contributed by atoms with van der Waals surface area (Å²) in [6, 6.07) is 5.20. The highest BCUT2D eigenvalue weighted by molar-refractivity contribution is 7.99. The number of thioether (sulfide) groups is 1. The Hall–Kier alpha value is -0.910. The maximum Gasteiger partial charge on any atom is 0.187 e. The van der Waals surface area contributed by atoms with Crippen LogP contribution in [0, 0.1) is 0 Å². The minimum Gasteiger partial charge on any atom is -0.292 e. The van der Waals surface area contributed by atoms with Crippen LogP contribution in [0.3, 0.4) is 0 Å². The van der Waals surface area contributed by atoms with E-state index < -0.39 is 0 Å². The van der Waals surface area contributed by atoms with E-state index in [1.54, 1.807) is 30.6 Å². The number of thiophene rings is 1. The summed E-state index contributed by atoms with van der Waals surface area (Å²) in [6.07, 6.45) is 3.31. The van der Waals surface area contributed by atoms with Crippen molar-refractivity contribution in [1.82, 2.24) is 9.97 Å². The van der Waals surface area contributed by atoms with Crippen molar-refractivity contribution in [3.05, 3.63) is 39.8 Å². The summed E-state index contributed by atoms with van der Waals surface area (Å²) in [5.41, 5.74) is 0. The Balaban J connectivity index is 1.94. The van der Waals surface area contributed by atoms with E-state index >= 15 is 0 Å². The number of carbonyl (C=O) groups excluding carboxylic acids is 1. The van der Waals surface area contributed by atoms with Gasteiger partial charge in [-0.1, -0.05) is 23.4 Å². The highest BCUT2D eigenvalue weighted by atomic mass is 35.5. The van der Waals surface area contributed by atoms with E-state index in [0.29, 0.717) is 20.1 Å². The molecule has 2 heterocycles. The fraction of sp³-hybridized carbons (Fsp3) is 0.100. The third-order valence-corrected chi connectivity index (χ3v) is 3.87. The van der Waals surface area contributed by atoms with Crippen LogP contribution < -0.4 is 0 Å². The van der Waals surface area contributed by atoms with Gasteiger partial charge in [0.1, 0.15) is 0 Å². The van der Waals surface area contributed by atoms with Crippen LogP contribution in [0.4, 0.5) is 0 Å². The molecule has 3 nitrogen and oxygen atoms in total. The third-order valence-electron chi connectivity index (χ3n) is 1.72. The topological polar surface area (TPSA) is 42.9 Å². The maximum absolute atomic E-state index is 11.7. The van der Waals surface area contributed by atoms with E-state index in [9.17, 15) is 4.79 Å². The van der Waals surface area contributed by atoms with Gasteiger partial charge in [0.15, 0.2) is 10.9 Å². The number of hydrogen-bond donors (Lipinski definition) is 0. The highest BCUT2D eigenvalue weighted by Gasteiger charge is 2.09. The molecule has 0 atom stereocenters. The monoisotopic (exact) mass is 270 g/mol. The summed E-state index contributed by atoms with van der Waals surface area (Å²) < 4.78 is 0.629. The average molecular weight is 271 g/mol. The Morgan fingerprint density at radius 3 is 2.75 bits per heavy atom. The number of ketones is 1. The molecule has 2 rings (SSSR count). The largest absolute Gasteiger partial charge is 0.292 e. The summed E-state index contributed by atoms with van der Waals surface area (Å²) in [7, 11) is 0. The predicted molar refractivity (Wildman–Crippen MR) is 66.4 cm³/mol. The minimum absolute atomic E-state index is 0.0503. The van der Waals surface area contributed by atoms with Crippen molar-refractivity contribution in [3.8, 4) is 0 Å². The zero-order chi connectivity index (χ0) is 11.4. The van der Waals surface area contributed by atoms with Gasteiger partial charge < -0.3 is 0 Å². The van der Waals surface area contributed by atoms with E-state index in [0.717, 1.165) is 0 Å². The number of halogens is 1. The Morgan fingerprint density at radius 2 is 2.12 bits per heavy atom. The SMILES string of the molecule is O=C(CSc1ncccn1)c1ccc(Cl)s1. The van der Waals surface area contributed by atoms with Gasteiger partial charge in [-0.3, -0.25) is 4.79 Å². The fourth-order valence-corrected chi connectivity index (χ4v) is 2.78. The first-order valence-electron chi connectivity index (χ1n) is 4.44. The summed E-state index contributed by atoms with van der Waals surface area (Å²) in [5.74, 6) is 0.385.